The molecule has 3 aromatic heterocycles. The number of hydrogen-bond donors (Lipinski definition) is 1. The number of pyridine rings is 2. The van der Waals surface area contributed by atoms with Crippen LogP contribution in [0, 0.1) is 0 Å². The number of nitrogens with one attached hydrogen (secondary N) is 1. The van der Waals surface area contributed by atoms with Gasteiger partial charge in [0.05, 0.1) is 13.2 Å². The number of anilines is 3. The largest absolute Gasteiger partial charge is 0.378 e. The van der Waals surface area contributed by atoms with E-state index in [1.165, 1.54) is 10.6 Å². The van der Waals surface area contributed by atoms with E-state index in [1.54, 1.807) is 17.5 Å². The molecule has 1 aliphatic heterocycles. The van der Waals surface area contributed by atoms with E-state index in [1.807, 2.05) is 18.3 Å². The van der Waals surface area contributed by atoms with Crippen molar-refractivity contribution in [2.45, 2.75) is 0 Å². The van der Waals surface area contributed by atoms with Crippen molar-refractivity contribution >= 4 is 38.7 Å². The highest BCUT2D eigenvalue weighted by Crippen LogP contribution is 2.33. The van der Waals surface area contributed by atoms with Crippen molar-refractivity contribution in [1.29, 1.82) is 0 Å². The lowest BCUT2D eigenvalue weighted by Gasteiger charge is -2.28. The molecule has 1 aliphatic rings. The van der Waals surface area contributed by atoms with Crippen LogP contribution in [0.3, 0.4) is 0 Å². The lowest BCUT2D eigenvalue weighted by Crippen LogP contribution is -2.36. The Labute approximate surface area is 167 Å². The molecule has 0 amide bonds. The Balaban J connectivity index is 1.35. The summed E-state index contributed by atoms with van der Waals surface area (Å²) in [6.07, 6.45) is 3.68. The highest BCUT2D eigenvalue weighted by atomic mass is 32.1. The van der Waals surface area contributed by atoms with Gasteiger partial charge in [-0.3, -0.25) is 4.98 Å². The number of morpholine rings is 1. The normalized spacial score (nSPS) is 14.4. The van der Waals surface area contributed by atoms with Crippen LogP contribution >= 0.6 is 11.3 Å². The van der Waals surface area contributed by atoms with Crippen LogP contribution in [0.5, 0.6) is 0 Å². The van der Waals surface area contributed by atoms with E-state index >= 15 is 0 Å². The van der Waals surface area contributed by atoms with Crippen LogP contribution in [0.4, 0.5) is 17.2 Å². The van der Waals surface area contributed by atoms with Crippen molar-refractivity contribution in [3.63, 3.8) is 0 Å². The number of benzene rings is 1. The third kappa shape index (κ3) is 3.56. The third-order valence-electron chi connectivity index (χ3n) is 4.84. The number of aromatic nitrogens is 2. The van der Waals surface area contributed by atoms with Gasteiger partial charge in [-0.15, -0.1) is 11.3 Å². The Morgan fingerprint density at radius 1 is 1.00 bits per heavy atom. The molecule has 6 heteroatoms. The van der Waals surface area contributed by atoms with Gasteiger partial charge in [-0.05, 0) is 48.5 Å². The average molecular weight is 388 g/mol. The second-order valence-electron chi connectivity index (χ2n) is 6.71. The molecule has 0 aliphatic carbocycles. The number of thiophene rings is 1. The van der Waals surface area contributed by atoms with E-state index in [9.17, 15) is 0 Å². The number of fused-ring (bicyclic) bond motifs is 1. The van der Waals surface area contributed by atoms with Gasteiger partial charge in [-0.1, -0.05) is 6.07 Å². The maximum absolute atomic E-state index is 5.42. The number of rotatable bonds is 4. The molecule has 28 heavy (non-hydrogen) atoms. The molecule has 1 fully saturated rings. The SMILES string of the molecule is c1cncc(-c2cc3ccc(Nc4ccc(N5CCOCC5)cc4)nc3s2)c1. The molecule has 0 radical (unpaired) electrons. The molecule has 1 N–H and O–H groups in total. The molecule has 0 unspecified atom stereocenters. The van der Waals surface area contributed by atoms with Crippen molar-refractivity contribution in [1.82, 2.24) is 9.97 Å². The summed E-state index contributed by atoms with van der Waals surface area (Å²) in [5, 5.41) is 4.57. The Morgan fingerprint density at radius 3 is 2.64 bits per heavy atom. The van der Waals surface area contributed by atoms with Gasteiger partial charge in [0.1, 0.15) is 10.6 Å². The topological polar surface area (TPSA) is 50.3 Å². The summed E-state index contributed by atoms with van der Waals surface area (Å²) >= 11 is 1.69. The van der Waals surface area contributed by atoms with Gasteiger partial charge >= 0.3 is 0 Å². The predicted octanol–water partition coefficient (Wildman–Crippen LogP) is 4.94. The van der Waals surface area contributed by atoms with Gasteiger partial charge in [-0.25, -0.2) is 4.98 Å². The summed E-state index contributed by atoms with van der Waals surface area (Å²) < 4.78 is 5.42. The Kier molecular flexibility index (Phi) is 4.64. The fourth-order valence-electron chi connectivity index (χ4n) is 3.36. The quantitative estimate of drug-likeness (QED) is 0.537. The van der Waals surface area contributed by atoms with Crippen molar-refractivity contribution in [3.8, 4) is 10.4 Å². The number of nitrogens with zero attached hydrogens (tertiary/aromatic N) is 3. The van der Waals surface area contributed by atoms with E-state index in [0.29, 0.717) is 0 Å². The van der Waals surface area contributed by atoms with Gasteiger partial charge in [0, 0.05) is 52.7 Å². The summed E-state index contributed by atoms with van der Waals surface area (Å²) in [5.74, 6) is 0.853. The first kappa shape index (κ1) is 17.2. The molecule has 4 aromatic rings. The second-order valence-corrected chi connectivity index (χ2v) is 7.75. The van der Waals surface area contributed by atoms with Crippen LogP contribution < -0.4 is 10.2 Å². The van der Waals surface area contributed by atoms with Gasteiger partial charge in [0.25, 0.3) is 0 Å². The summed E-state index contributed by atoms with van der Waals surface area (Å²) in [4.78, 5) is 13.6. The molecular formula is C22H20N4OS. The zero-order chi connectivity index (χ0) is 18.8. The molecule has 5 rings (SSSR count). The molecule has 0 atom stereocenters. The van der Waals surface area contributed by atoms with Gasteiger partial charge in [0.2, 0.25) is 0 Å². The van der Waals surface area contributed by atoms with Crippen LogP contribution in [0.15, 0.2) is 67.0 Å². The zero-order valence-corrected chi connectivity index (χ0v) is 16.2. The van der Waals surface area contributed by atoms with E-state index in [-0.39, 0.29) is 0 Å². The van der Waals surface area contributed by atoms with E-state index in [0.717, 1.165) is 53.6 Å². The van der Waals surface area contributed by atoms with Crippen molar-refractivity contribution in [2.75, 3.05) is 36.5 Å². The van der Waals surface area contributed by atoms with Crippen LogP contribution in [0.2, 0.25) is 0 Å². The average Bonchev–Trinajstić information content (AvgIpc) is 3.19. The van der Waals surface area contributed by atoms with Crippen molar-refractivity contribution in [3.05, 3.63) is 67.0 Å². The number of ether oxygens (including phenoxy) is 1. The van der Waals surface area contributed by atoms with E-state index in [2.05, 4.69) is 57.7 Å². The van der Waals surface area contributed by atoms with Crippen LogP contribution in [-0.4, -0.2) is 36.3 Å². The predicted molar refractivity (Wildman–Crippen MR) is 116 cm³/mol. The lowest BCUT2D eigenvalue weighted by atomic mass is 10.2. The molecule has 0 saturated carbocycles. The van der Waals surface area contributed by atoms with Gasteiger partial charge < -0.3 is 15.0 Å². The first-order valence-corrected chi connectivity index (χ1v) is 10.2. The first-order valence-electron chi connectivity index (χ1n) is 9.36. The maximum Gasteiger partial charge on any atom is 0.132 e. The molecular weight excluding hydrogens is 368 g/mol. The maximum atomic E-state index is 5.42. The monoisotopic (exact) mass is 388 g/mol. The summed E-state index contributed by atoms with van der Waals surface area (Å²) in [7, 11) is 0. The fraction of sp³-hybridized carbons (Fsp3) is 0.182. The zero-order valence-electron chi connectivity index (χ0n) is 15.3. The lowest BCUT2D eigenvalue weighted by molar-refractivity contribution is 0.122. The van der Waals surface area contributed by atoms with Crippen molar-refractivity contribution in [2.24, 2.45) is 0 Å². The van der Waals surface area contributed by atoms with Crippen LogP contribution in [-0.2, 0) is 4.74 Å². The number of hydrogen-bond acceptors (Lipinski definition) is 6. The van der Waals surface area contributed by atoms with Crippen LogP contribution in [0.1, 0.15) is 0 Å². The first-order chi connectivity index (χ1) is 13.8. The molecule has 4 heterocycles. The third-order valence-corrected chi connectivity index (χ3v) is 5.94. The summed E-state index contributed by atoms with van der Waals surface area (Å²) in [5.41, 5.74) is 3.39. The minimum absolute atomic E-state index is 0.797. The molecule has 5 nitrogen and oxygen atoms in total. The molecule has 0 bridgehead atoms. The standard InChI is InChI=1S/C22H20N4OS/c1-2-17(15-23-9-1)20-14-16-3-8-21(25-22(16)28-20)24-18-4-6-19(7-5-18)26-10-12-27-13-11-26/h1-9,14-15H,10-13H2,(H,24,25). The van der Waals surface area contributed by atoms with Gasteiger partial charge in [0.15, 0.2) is 0 Å². The molecule has 1 aromatic carbocycles. The summed E-state index contributed by atoms with van der Waals surface area (Å²) in [6, 6.07) is 18.9. The molecule has 140 valence electrons. The van der Waals surface area contributed by atoms with Crippen LogP contribution in [0.25, 0.3) is 20.7 Å². The Bertz CT molecular complexity index is 1070. The van der Waals surface area contributed by atoms with Crippen molar-refractivity contribution < 1.29 is 4.74 Å². The highest BCUT2D eigenvalue weighted by Gasteiger charge is 2.11. The minimum Gasteiger partial charge on any atom is -0.378 e. The highest BCUT2D eigenvalue weighted by molar-refractivity contribution is 7.21. The van der Waals surface area contributed by atoms with E-state index in [4.69, 9.17) is 9.72 Å². The van der Waals surface area contributed by atoms with Gasteiger partial charge in [-0.2, -0.15) is 0 Å². The minimum atomic E-state index is 0.797. The second kappa shape index (κ2) is 7.58. The fourth-order valence-corrected chi connectivity index (χ4v) is 4.38. The molecule has 0 spiro atoms. The molecule has 1 saturated heterocycles. The Morgan fingerprint density at radius 2 is 1.86 bits per heavy atom. The smallest absolute Gasteiger partial charge is 0.132 e. The summed E-state index contributed by atoms with van der Waals surface area (Å²) in [6.45, 7) is 3.49. The Hall–Kier alpha value is -2.96. The van der Waals surface area contributed by atoms with E-state index < -0.39 is 0 Å².